The van der Waals surface area contributed by atoms with Crippen molar-refractivity contribution in [2.75, 3.05) is 17.3 Å². The maximum absolute atomic E-state index is 14.2. The van der Waals surface area contributed by atoms with Gasteiger partial charge in [0.05, 0.1) is 24.4 Å². The Hall–Kier alpha value is -3.26. The number of ether oxygens (including phenoxy) is 1. The van der Waals surface area contributed by atoms with Crippen LogP contribution in [0, 0.1) is 12.7 Å². The highest BCUT2D eigenvalue weighted by molar-refractivity contribution is 7.80. The van der Waals surface area contributed by atoms with E-state index in [9.17, 15) is 14.0 Å². The van der Waals surface area contributed by atoms with Gasteiger partial charge < -0.3 is 15.4 Å². The first-order valence-corrected chi connectivity index (χ1v) is 9.67. The Bertz CT molecular complexity index is 1050. The van der Waals surface area contributed by atoms with Crippen LogP contribution >= 0.6 is 12.2 Å². The number of thiocarbonyl (C=S) groups is 1. The number of carbonyl (C=O) groups is 2. The van der Waals surface area contributed by atoms with E-state index >= 15 is 0 Å². The van der Waals surface area contributed by atoms with Crippen LogP contribution in [0.5, 0.6) is 0 Å². The van der Waals surface area contributed by atoms with Gasteiger partial charge in [-0.3, -0.25) is 9.69 Å². The molecule has 1 unspecified atom stereocenters. The van der Waals surface area contributed by atoms with Crippen LogP contribution < -0.4 is 15.5 Å². The van der Waals surface area contributed by atoms with Crippen molar-refractivity contribution in [1.29, 1.82) is 0 Å². The van der Waals surface area contributed by atoms with E-state index < -0.39 is 12.0 Å². The van der Waals surface area contributed by atoms with Gasteiger partial charge in [-0.15, -0.1) is 0 Å². The van der Waals surface area contributed by atoms with Crippen LogP contribution in [-0.2, 0) is 14.3 Å². The Morgan fingerprint density at radius 2 is 1.83 bits per heavy atom. The lowest BCUT2D eigenvalue weighted by Crippen LogP contribution is -2.48. The fourth-order valence-corrected chi connectivity index (χ4v) is 3.72. The summed E-state index contributed by atoms with van der Waals surface area (Å²) in [5.74, 6) is -1.05. The number of anilines is 2. The van der Waals surface area contributed by atoms with E-state index in [2.05, 4.69) is 10.6 Å². The monoisotopic (exact) mass is 427 g/mol. The lowest BCUT2D eigenvalue weighted by Gasteiger charge is -2.37. The standard InChI is InChI=1S/C22H22FN3O3S/c1-12-5-10-17(11-18(12)23)26-13(2)19(21(28)29-4)20(25-22(26)30)15-6-8-16(9-7-15)24-14(3)27/h5-11,20H,1-4H3,(H,24,27)(H,25,30). The molecule has 6 nitrogen and oxygen atoms in total. The summed E-state index contributed by atoms with van der Waals surface area (Å²) in [5, 5.41) is 6.20. The van der Waals surface area contributed by atoms with Gasteiger partial charge in [0.2, 0.25) is 5.91 Å². The first-order valence-electron chi connectivity index (χ1n) is 9.26. The number of nitrogens with one attached hydrogen (secondary N) is 2. The highest BCUT2D eigenvalue weighted by atomic mass is 32.1. The fourth-order valence-electron chi connectivity index (χ4n) is 3.36. The molecule has 0 spiro atoms. The average molecular weight is 428 g/mol. The van der Waals surface area contributed by atoms with Crippen LogP contribution in [0.3, 0.4) is 0 Å². The molecule has 8 heteroatoms. The normalized spacial score (nSPS) is 16.2. The summed E-state index contributed by atoms with van der Waals surface area (Å²) in [4.78, 5) is 25.5. The van der Waals surface area contributed by atoms with E-state index in [4.69, 9.17) is 17.0 Å². The topological polar surface area (TPSA) is 70.7 Å². The Balaban J connectivity index is 2.06. The van der Waals surface area contributed by atoms with E-state index in [1.807, 2.05) is 0 Å². The molecule has 3 rings (SSSR count). The van der Waals surface area contributed by atoms with Gasteiger partial charge in [-0.1, -0.05) is 18.2 Å². The fraction of sp³-hybridized carbons (Fsp3) is 0.227. The Morgan fingerprint density at radius 3 is 2.40 bits per heavy atom. The highest BCUT2D eigenvalue weighted by Gasteiger charge is 2.35. The number of hydrogen-bond acceptors (Lipinski definition) is 4. The van der Waals surface area contributed by atoms with Crippen molar-refractivity contribution in [2.24, 2.45) is 0 Å². The minimum atomic E-state index is -0.553. The molecule has 156 valence electrons. The van der Waals surface area contributed by atoms with E-state index in [0.29, 0.717) is 33.3 Å². The molecule has 1 aliphatic rings. The lowest BCUT2D eigenvalue weighted by atomic mass is 9.94. The molecule has 0 aromatic heterocycles. The Morgan fingerprint density at radius 1 is 1.17 bits per heavy atom. The van der Waals surface area contributed by atoms with Gasteiger partial charge in [-0.25, -0.2) is 9.18 Å². The number of rotatable bonds is 4. The molecule has 2 aromatic rings. The van der Waals surface area contributed by atoms with Gasteiger partial charge in [0.25, 0.3) is 0 Å². The van der Waals surface area contributed by atoms with Crippen LogP contribution in [-0.4, -0.2) is 24.1 Å². The summed E-state index contributed by atoms with van der Waals surface area (Å²) in [7, 11) is 1.31. The van der Waals surface area contributed by atoms with Gasteiger partial charge in [0.15, 0.2) is 5.11 Å². The van der Waals surface area contributed by atoms with Crippen LogP contribution in [0.25, 0.3) is 0 Å². The van der Waals surface area contributed by atoms with E-state index in [-0.39, 0.29) is 11.7 Å². The first-order chi connectivity index (χ1) is 14.2. The second kappa shape index (κ2) is 8.62. The molecule has 0 radical (unpaired) electrons. The van der Waals surface area contributed by atoms with Gasteiger partial charge in [0, 0.05) is 18.3 Å². The smallest absolute Gasteiger partial charge is 0.337 e. The molecule has 0 saturated carbocycles. The third-order valence-corrected chi connectivity index (χ3v) is 5.17. The average Bonchev–Trinajstić information content (AvgIpc) is 2.70. The molecule has 1 amide bonds. The van der Waals surface area contributed by atoms with Gasteiger partial charge in [-0.05, 0) is 61.5 Å². The molecule has 0 bridgehead atoms. The zero-order valence-corrected chi connectivity index (χ0v) is 17.9. The summed E-state index contributed by atoms with van der Waals surface area (Å²) < 4.78 is 19.2. The van der Waals surface area contributed by atoms with Crippen molar-refractivity contribution >= 4 is 40.6 Å². The van der Waals surface area contributed by atoms with Crippen LogP contribution in [0.4, 0.5) is 15.8 Å². The number of nitrogens with zero attached hydrogens (tertiary/aromatic N) is 1. The zero-order chi connectivity index (χ0) is 22.0. The molecular formula is C22H22FN3O3S. The number of methoxy groups -OCH3 is 1. The number of carbonyl (C=O) groups excluding carboxylic acids is 2. The summed E-state index contributed by atoms with van der Waals surface area (Å²) in [6.07, 6.45) is 0. The SMILES string of the molecule is COC(=O)C1=C(C)N(c2ccc(C)c(F)c2)C(=S)NC1c1ccc(NC(C)=O)cc1. The summed E-state index contributed by atoms with van der Waals surface area (Å²) >= 11 is 5.55. The third-order valence-electron chi connectivity index (χ3n) is 4.87. The summed E-state index contributed by atoms with van der Waals surface area (Å²) in [5.41, 5.74) is 3.34. The second-order valence-electron chi connectivity index (χ2n) is 6.95. The minimum absolute atomic E-state index is 0.174. The van der Waals surface area contributed by atoms with Crippen molar-refractivity contribution in [1.82, 2.24) is 5.32 Å². The van der Waals surface area contributed by atoms with Crippen molar-refractivity contribution < 1.29 is 18.7 Å². The van der Waals surface area contributed by atoms with Gasteiger partial charge in [-0.2, -0.15) is 0 Å². The van der Waals surface area contributed by atoms with E-state index in [1.54, 1.807) is 55.1 Å². The van der Waals surface area contributed by atoms with Crippen molar-refractivity contribution in [2.45, 2.75) is 26.8 Å². The number of esters is 1. The zero-order valence-electron chi connectivity index (χ0n) is 17.1. The van der Waals surface area contributed by atoms with Crippen molar-refractivity contribution in [3.63, 3.8) is 0 Å². The molecule has 0 saturated heterocycles. The molecule has 1 heterocycles. The molecule has 2 aromatic carbocycles. The minimum Gasteiger partial charge on any atom is -0.466 e. The number of amides is 1. The molecule has 1 atom stereocenters. The predicted octanol–water partition coefficient (Wildman–Crippen LogP) is 3.98. The molecule has 1 aliphatic heterocycles. The molecule has 2 N–H and O–H groups in total. The number of aryl methyl sites for hydroxylation is 1. The number of allylic oxidation sites excluding steroid dienone is 1. The predicted molar refractivity (Wildman–Crippen MR) is 118 cm³/mol. The molecule has 0 aliphatic carbocycles. The quantitative estimate of drug-likeness (QED) is 0.568. The number of benzene rings is 2. The van der Waals surface area contributed by atoms with Crippen LogP contribution in [0.1, 0.15) is 31.0 Å². The van der Waals surface area contributed by atoms with Crippen LogP contribution in [0.2, 0.25) is 0 Å². The summed E-state index contributed by atoms with van der Waals surface area (Å²) in [6.45, 7) is 4.85. The molecule has 0 fully saturated rings. The van der Waals surface area contributed by atoms with Crippen molar-refractivity contribution in [3.8, 4) is 0 Å². The Labute approximate surface area is 179 Å². The largest absolute Gasteiger partial charge is 0.466 e. The third kappa shape index (κ3) is 4.18. The van der Waals surface area contributed by atoms with E-state index in [0.717, 1.165) is 5.56 Å². The van der Waals surface area contributed by atoms with Gasteiger partial charge >= 0.3 is 5.97 Å². The maximum Gasteiger partial charge on any atom is 0.337 e. The second-order valence-corrected chi connectivity index (χ2v) is 7.33. The Kier molecular flexibility index (Phi) is 6.17. The molecular weight excluding hydrogens is 405 g/mol. The van der Waals surface area contributed by atoms with Crippen molar-refractivity contribution in [3.05, 3.63) is 70.7 Å². The maximum atomic E-state index is 14.2. The number of hydrogen-bond donors (Lipinski definition) is 2. The highest BCUT2D eigenvalue weighted by Crippen LogP contribution is 2.35. The molecule has 30 heavy (non-hydrogen) atoms. The van der Waals surface area contributed by atoms with Crippen LogP contribution in [0.15, 0.2) is 53.7 Å². The number of halogens is 1. The van der Waals surface area contributed by atoms with E-state index in [1.165, 1.54) is 20.1 Å². The first kappa shape index (κ1) is 21.4. The van der Waals surface area contributed by atoms with Gasteiger partial charge in [0.1, 0.15) is 5.82 Å². The lowest BCUT2D eigenvalue weighted by molar-refractivity contribution is -0.136. The summed E-state index contributed by atoms with van der Waals surface area (Å²) in [6, 6.07) is 11.3.